The maximum absolute atomic E-state index is 10.0. The first-order chi connectivity index (χ1) is 8.60. The van der Waals surface area contributed by atoms with Crippen LogP contribution in [-0.2, 0) is 0 Å². The van der Waals surface area contributed by atoms with E-state index >= 15 is 0 Å². The van der Waals surface area contributed by atoms with Gasteiger partial charge in [-0.05, 0) is 12.8 Å². The van der Waals surface area contributed by atoms with E-state index in [1.807, 2.05) is 20.0 Å². The van der Waals surface area contributed by atoms with Crippen LogP contribution in [0.3, 0.4) is 0 Å². The smallest absolute Gasteiger partial charge is 0.131 e. The average Bonchev–Trinajstić information content (AvgIpc) is 2.37. The minimum atomic E-state index is -0.340. The standard InChI is InChI=1S/C13H24N4O/c1-5-10(6-2)11(18)8-15-13-7-12(14-4)16-9(3)17-13/h7,10-11,18H,5-6,8H2,1-4H3,(H2,14,15,16,17). The number of hydrogen-bond donors (Lipinski definition) is 3. The maximum Gasteiger partial charge on any atom is 0.131 e. The van der Waals surface area contributed by atoms with E-state index in [1.165, 1.54) is 0 Å². The highest BCUT2D eigenvalue weighted by molar-refractivity contribution is 5.47. The summed E-state index contributed by atoms with van der Waals surface area (Å²) < 4.78 is 0. The van der Waals surface area contributed by atoms with Crippen LogP contribution in [0.5, 0.6) is 0 Å². The minimum Gasteiger partial charge on any atom is -0.391 e. The Labute approximate surface area is 109 Å². The largest absolute Gasteiger partial charge is 0.391 e. The second-order valence-electron chi connectivity index (χ2n) is 4.46. The van der Waals surface area contributed by atoms with Gasteiger partial charge in [0.25, 0.3) is 0 Å². The van der Waals surface area contributed by atoms with E-state index in [0.29, 0.717) is 18.3 Å². The summed E-state index contributed by atoms with van der Waals surface area (Å²) in [5, 5.41) is 16.2. The Morgan fingerprint density at radius 1 is 1.22 bits per heavy atom. The highest BCUT2D eigenvalue weighted by Gasteiger charge is 2.15. The molecular formula is C13H24N4O. The van der Waals surface area contributed by atoms with Gasteiger partial charge < -0.3 is 15.7 Å². The van der Waals surface area contributed by atoms with Gasteiger partial charge in [-0.15, -0.1) is 0 Å². The second-order valence-corrected chi connectivity index (χ2v) is 4.46. The van der Waals surface area contributed by atoms with Gasteiger partial charge in [-0.3, -0.25) is 0 Å². The van der Waals surface area contributed by atoms with Crippen LogP contribution >= 0.6 is 0 Å². The number of anilines is 2. The van der Waals surface area contributed by atoms with E-state index in [2.05, 4.69) is 34.4 Å². The van der Waals surface area contributed by atoms with Crippen LogP contribution < -0.4 is 10.6 Å². The molecule has 3 N–H and O–H groups in total. The topological polar surface area (TPSA) is 70.1 Å². The molecule has 0 aliphatic heterocycles. The highest BCUT2D eigenvalue weighted by atomic mass is 16.3. The van der Waals surface area contributed by atoms with E-state index in [4.69, 9.17) is 0 Å². The molecule has 5 nitrogen and oxygen atoms in total. The van der Waals surface area contributed by atoms with Gasteiger partial charge in [0.1, 0.15) is 17.5 Å². The number of nitrogens with zero attached hydrogens (tertiary/aromatic N) is 2. The van der Waals surface area contributed by atoms with Gasteiger partial charge in [0.05, 0.1) is 6.10 Å². The average molecular weight is 252 g/mol. The van der Waals surface area contributed by atoms with Crippen LogP contribution in [0, 0.1) is 12.8 Å². The van der Waals surface area contributed by atoms with Crippen molar-refractivity contribution in [2.24, 2.45) is 5.92 Å². The van der Waals surface area contributed by atoms with Gasteiger partial charge in [-0.1, -0.05) is 26.7 Å². The first-order valence-corrected chi connectivity index (χ1v) is 6.56. The van der Waals surface area contributed by atoms with Crippen LogP contribution in [0.1, 0.15) is 32.5 Å². The molecule has 0 radical (unpaired) electrons. The Morgan fingerprint density at radius 3 is 2.39 bits per heavy atom. The Hall–Kier alpha value is -1.36. The fourth-order valence-corrected chi connectivity index (χ4v) is 1.99. The van der Waals surface area contributed by atoms with E-state index in [0.717, 1.165) is 24.5 Å². The van der Waals surface area contributed by atoms with Crippen molar-refractivity contribution < 1.29 is 5.11 Å². The first kappa shape index (κ1) is 14.7. The lowest BCUT2D eigenvalue weighted by atomic mass is 9.97. The lowest BCUT2D eigenvalue weighted by Crippen LogP contribution is -2.28. The number of aromatic nitrogens is 2. The molecule has 1 atom stereocenters. The Balaban J connectivity index is 2.60. The van der Waals surface area contributed by atoms with Crippen molar-refractivity contribution in [3.05, 3.63) is 11.9 Å². The molecule has 0 spiro atoms. The monoisotopic (exact) mass is 252 g/mol. The Kier molecular flexibility index (Phi) is 5.85. The van der Waals surface area contributed by atoms with Crippen LogP contribution in [-0.4, -0.2) is 34.8 Å². The molecule has 0 saturated heterocycles. The lowest BCUT2D eigenvalue weighted by molar-refractivity contribution is 0.114. The van der Waals surface area contributed by atoms with Crippen molar-refractivity contribution in [2.45, 2.75) is 39.7 Å². The van der Waals surface area contributed by atoms with Crippen LogP contribution in [0.15, 0.2) is 6.07 Å². The summed E-state index contributed by atoms with van der Waals surface area (Å²) in [5.74, 6) is 2.57. The van der Waals surface area contributed by atoms with Crippen molar-refractivity contribution >= 4 is 11.6 Å². The fourth-order valence-electron chi connectivity index (χ4n) is 1.99. The van der Waals surface area contributed by atoms with Crippen molar-refractivity contribution in [2.75, 3.05) is 24.2 Å². The molecule has 102 valence electrons. The molecule has 0 bridgehead atoms. The molecule has 1 aromatic heterocycles. The zero-order valence-electron chi connectivity index (χ0n) is 11.7. The summed E-state index contributed by atoms with van der Waals surface area (Å²) in [5.41, 5.74) is 0. The van der Waals surface area contributed by atoms with E-state index in [9.17, 15) is 5.11 Å². The third-order valence-corrected chi connectivity index (χ3v) is 3.18. The SMILES string of the molecule is CCC(CC)C(O)CNc1cc(NC)nc(C)n1. The molecule has 5 heteroatoms. The molecule has 1 rings (SSSR count). The molecule has 0 aliphatic rings. The second kappa shape index (κ2) is 7.16. The molecule has 1 unspecified atom stereocenters. The van der Waals surface area contributed by atoms with Crippen molar-refractivity contribution in [3.63, 3.8) is 0 Å². The highest BCUT2D eigenvalue weighted by Crippen LogP contribution is 2.15. The molecule has 0 aromatic carbocycles. The van der Waals surface area contributed by atoms with E-state index in [1.54, 1.807) is 0 Å². The van der Waals surface area contributed by atoms with Crippen LogP contribution in [0.2, 0.25) is 0 Å². The van der Waals surface area contributed by atoms with Gasteiger partial charge in [0.2, 0.25) is 0 Å². The molecule has 18 heavy (non-hydrogen) atoms. The zero-order chi connectivity index (χ0) is 13.5. The maximum atomic E-state index is 10.0. The number of aryl methyl sites for hydroxylation is 1. The van der Waals surface area contributed by atoms with E-state index in [-0.39, 0.29) is 6.10 Å². The van der Waals surface area contributed by atoms with Crippen molar-refractivity contribution in [1.82, 2.24) is 9.97 Å². The number of nitrogens with one attached hydrogen (secondary N) is 2. The van der Waals surface area contributed by atoms with Crippen LogP contribution in [0.25, 0.3) is 0 Å². The quantitative estimate of drug-likeness (QED) is 0.692. The number of rotatable bonds is 7. The van der Waals surface area contributed by atoms with Crippen molar-refractivity contribution in [3.8, 4) is 0 Å². The summed E-state index contributed by atoms with van der Waals surface area (Å²) in [7, 11) is 1.82. The van der Waals surface area contributed by atoms with Gasteiger partial charge >= 0.3 is 0 Å². The summed E-state index contributed by atoms with van der Waals surface area (Å²) in [6.45, 7) is 6.58. The number of aliphatic hydroxyl groups is 1. The normalized spacial score (nSPS) is 12.6. The zero-order valence-corrected chi connectivity index (χ0v) is 11.7. The van der Waals surface area contributed by atoms with Gasteiger partial charge in [0, 0.05) is 19.7 Å². The number of hydrogen-bond acceptors (Lipinski definition) is 5. The fraction of sp³-hybridized carbons (Fsp3) is 0.692. The first-order valence-electron chi connectivity index (χ1n) is 6.56. The lowest BCUT2D eigenvalue weighted by Gasteiger charge is -2.20. The summed E-state index contributed by atoms with van der Waals surface area (Å²) >= 11 is 0. The summed E-state index contributed by atoms with van der Waals surface area (Å²) in [6, 6.07) is 1.84. The molecular weight excluding hydrogens is 228 g/mol. The molecule has 1 heterocycles. The molecule has 0 saturated carbocycles. The van der Waals surface area contributed by atoms with Gasteiger partial charge in [0.15, 0.2) is 0 Å². The predicted molar refractivity (Wildman–Crippen MR) is 74.9 cm³/mol. The van der Waals surface area contributed by atoms with E-state index < -0.39 is 0 Å². The number of aliphatic hydroxyl groups excluding tert-OH is 1. The summed E-state index contributed by atoms with van der Waals surface area (Å²) in [4.78, 5) is 8.51. The third-order valence-electron chi connectivity index (χ3n) is 3.18. The Bertz CT molecular complexity index is 366. The molecule has 0 fully saturated rings. The minimum absolute atomic E-state index is 0.337. The van der Waals surface area contributed by atoms with Crippen molar-refractivity contribution in [1.29, 1.82) is 0 Å². The predicted octanol–water partition coefficient (Wildman–Crippen LogP) is 2.04. The Morgan fingerprint density at radius 2 is 1.83 bits per heavy atom. The van der Waals surface area contributed by atoms with Gasteiger partial charge in [-0.2, -0.15) is 0 Å². The summed E-state index contributed by atoms with van der Waals surface area (Å²) in [6.07, 6.45) is 1.64. The van der Waals surface area contributed by atoms with Crippen LogP contribution in [0.4, 0.5) is 11.6 Å². The molecule has 0 aliphatic carbocycles. The molecule has 1 aromatic rings. The molecule has 0 amide bonds. The third kappa shape index (κ3) is 4.14. The van der Waals surface area contributed by atoms with Gasteiger partial charge in [-0.25, -0.2) is 9.97 Å².